The van der Waals surface area contributed by atoms with Crippen molar-refractivity contribution in [3.63, 3.8) is 0 Å². The Morgan fingerprint density at radius 2 is 1.75 bits per heavy atom. The zero-order valence-electron chi connectivity index (χ0n) is 14.3. The summed E-state index contributed by atoms with van der Waals surface area (Å²) < 4.78 is 5.94. The number of urea groups is 1. The molecule has 2 aliphatic heterocycles. The maximum absolute atomic E-state index is 12.7. The third kappa shape index (κ3) is 3.11. The average Bonchev–Trinajstić information content (AvgIpc) is 2.94. The second-order valence-electron chi connectivity index (χ2n) is 6.26. The zero-order chi connectivity index (χ0) is 19.8. The van der Waals surface area contributed by atoms with Crippen LogP contribution < -0.4 is 10.1 Å². The van der Waals surface area contributed by atoms with Gasteiger partial charge in [0.1, 0.15) is 17.4 Å². The minimum atomic E-state index is -1.26. The minimum absolute atomic E-state index is 0.0638. The van der Waals surface area contributed by atoms with Gasteiger partial charge in [0, 0.05) is 4.47 Å². The number of hydrogen-bond donors (Lipinski definition) is 1. The summed E-state index contributed by atoms with van der Waals surface area (Å²) in [6.07, 6.45) is 1.53. The Morgan fingerprint density at radius 1 is 1.04 bits per heavy atom. The third-order valence-electron chi connectivity index (χ3n) is 4.50. The lowest BCUT2D eigenvalue weighted by molar-refractivity contribution is -0.138. The van der Waals surface area contributed by atoms with Crippen LogP contribution in [0.3, 0.4) is 0 Å². The number of imide groups is 1. The highest BCUT2D eigenvalue weighted by Gasteiger charge is 2.42. The van der Waals surface area contributed by atoms with E-state index in [1.807, 2.05) is 6.07 Å². The quantitative estimate of drug-likeness (QED) is 0.260. The number of nitrogens with one attached hydrogen (secondary N) is 1. The first-order chi connectivity index (χ1) is 13.5. The van der Waals surface area contributed by atoms with Crippen LogP contribution in [-0.2, 0) is 9.59 Å². The Labute approximate surface area is 168 Å². The molecule has 3 amide bonds. The molecule has 1 atom stereocenters. The molecule has 0 unspecified atom stereocenters. The highest BCUT2D eigenvalue weighted by Crippen LogP contribution is 2.29. The van der Waals surface area contributed by atoms with Crippen molar-refractivity contribution in [2.45, 2.75) is 0 Å². The van der Waals surface area contributed by atoms with Crippen LogP contribution in [0.2, 0.25) is 0 Å². The number of ether oxygens (including phenoxy) is 1. The second kappa shape index (κ2) is 7.05. The summed E-state index contributed by atoms with van der Waals surface area (Å²) in [5, 5.41) is 2.48. The van der Waals surface area contributed by atoms with E-state index < -0.39 is 29.6 Å². The van der Waals surface area contributed by atoms with E-state index in [-0.39, 0.29) is 23.6 Å². The van der Waals surface area contributed by atoms with Gasteiger partial charge in [-0.05, 0) is 29.8 Å². The molecule has 0 aliphatic carbocycles. The van der Waals surface area contributed by atoms with Gasteiger partial charge in [-0.25, -0.2) is 4.79 Å². The molecule has 0 radical (unpaired) electrons. The van der Waals surface area contributed by atoms with Gasteiger partial charge in [-0.3, -0.25) is 19.3 Å². The molecule has 8 heteroatoms. The molecule has 0 spiro atoms. The standard InChI is InChI=1S/C20H13BrN2O5/c21-14-7-3-1-5-11(14)9-15-18(25)23(20(27)22-15)10-13-17(24)12-6-2-4-8-16(12)28-19(13)26/h1-9,13H,10H2,(H,22,27)/b15-9-/t13-/m1/s1. The fraction of sp³-hybridized carbons (Fsp3) is 0.100. The van der Waals surface area contributed by atoms with Crippen LogP contribution in [0.15, 0.2) is 58.7 Å². The number of esters is 1. The third-order valence-corrected chi connectivity index (χ3v) is 5.22. The van der Waals surface area contributed by atoms with Gasteiger partial charge in [0.15, 0.2) is 5.78 Å². The molecule has 28 heavy (non-hydrogen) atoms. The number of halogens is 1. The van der Waals surface area contributed by atoms with E-state index in [0.717, 1.165) is 9.37 Å². The first-order valence-electron chi connectivity index (χ1n) is 8.39. The highest BCUT2D eigenvalue weighted by atomic mass is 79.9. The predicted octanol–water partition coefficient (Wildman–Crippen LogP) is 2.76. The molecule has 2 aromatic carbocycles. The molecule has 0 bridgehead atoms. The normalized spacial score (nSPS) is 20.2. The summed E-state index contributed by atoms with van der Waals surface area (Å²) in [4.78, 5) is 50.7. The van der Waals surface area contributed by atoms with Gasteiger partial charge in [0.25, 0.3) is 5.91 Å². The summed E-state index contributed by atoms with van der Waals surface area (Å²) in [7, 11) is 0. The van der Waals surface area contributed by atoms with Crippen LogP contribution in [0, 0.1) is 5.92 Å². The van der Waals surface area contributed by atoms with E-state index in [9.17, 15) is 19.2 Å². The van der Waals surface area contributed by atoms with Crippen molar-refractivity contribution in [1.29, 1.82) is 0 Å². The van der Waals surface area contributed by atoms with Crippen LogP contribution in [0.5, 0.6) is 5.75 Å². The summed E-state index contributed by atoms with van der Waals surface area (Å²) >= 11 is 3.38. The fourth-order valence-electron chi connectivity index (χ4n) is 3.06. The minimum Gasteiger partial charge on any atom is -0.425 e. The molecule has 2 aliphatic rings. The number of amides is 3. The number of benzene rings is 2. The second-order valence-corrected chi connectivity index (χ2v) is 7.11. The fourth-order valence-corrected chi connectivity index (χ4v) is 3.46. The maximum Gasteiger partial charge on any atom is 0.329 e. The summed E-state index contributed by atoms with van der Waals surface area (Å²) in [6.45, 7) is -0.385. The number of carbonyl (C=O) groups is 4. The molecule has 2 aromatic rings. The lowest BCUT2D eigenvalue weighted by Gasteiger charge is -2.24. The summed E-state index contributed by atoms with van der Waals surface area (Å²) in [6, 6.07) is 12.9. The van der Waals surface area contributed by atoms with Crippen molar-refractivity contribution in [1.82, 2.24) is 10.2 Å². The summed E-state index contributed by atoms with van der Waals surface area (Å²) in [5.41, 5.74) is 1.02. The molecule has 0 aromatic heterocycles. The highest BCUT2D eigenvalue weighted by molar-refractivity contribution is 9.10. The van der Waals surface area contributed by atoms with Crippen molar-refractivity contribution < 1.29 is 23.9 Å². The molecular formula is C20H13BrN2O5. The lowest BCUT2D eigenvalue weighted by Crippen LogP contribution is -2.44. The van der Waals surface area contributed by atoms with Gasteiger partial charge >= 0.3 is 12.0 Å². The largest absolute Gasteiger partial charge is 0.425 e. The number of nitrogens with zero attached hydrogens (tertiary/aromatic N) is 1. The number of Topliss-reactive ketones (excluding diaryl/α,β-unsaturated/α-hetero) is 1. The Balaban J connectivity index is 1.58. The average molecular weight is 441 g/mol. The van der Waals surface area contributed by atoms with E-state index >= 15 is 0 Å². The molecule has 7 nitrogen and oxygen atoms in total. The Bertz CT molecular complexity index is 1060. The Hall–Kier alpha value is -3.26. The molecule has 1 N–H and O–H groups in total. The van der Waals surface area contributed by atoms with Crippen LogP contribution in [0.1, 0.15) is 15.9 Å². The monoisotopic (exact) mass is 440 g/mol. The molecular weight excluding hydrogens is 428 g/mol. The first-order valence-corrected chi connectivity index (χ1v) is 9.19. The van der Waals surface area contributed by atoms with Crippen molar-refractivity contribution in [3.05, 3.63) is 69.8 Å². The molecule has 4 rings (SSSR count). The van der Waals surface area contributed by atoms with Crippen molar-refractivity contribution in [2.24, 2.45) is 5.92 Å². The predicted molar refractivity (Wildman–Crippen MR) is 102 cm³/mol. The van der Waals surface area contributed by atoms with Crippen LogP contribution in [-0.4, -0.2) is 35.1 Å². The van der Waals surface area contributed by atoms with Crippen molar-refractivity contribution in [2.75, 3.05) is 6.54 Å². The van der Waals surface area contributed by atoms with Gasteiger partial charge in [0.05, 0.1) is 12.1 Å². The number of fused-ring (bicyclic) bond motifs is 1. The maximum atomic E-state index is 12.7. The van der Waals surface area contributed by atoms with Gasteiger partial charge in [-0.15, -0.1) is 0 Å². The van der Waals surface area contributed by atoms with Gasteiger partial charge in [0.2, 0.25) is 0 Å². The van der Waals surface area contributed by atoms with Gasteiger partial charge in [-0.2, -0.15) is 0 Å². The van der Waals surface area contributed by atoms with E-state index in [4.69, 9.17) is 4.74 Å². The number of carbonyl (C=O) groups excluding carboxylic acids is 4. The Morgan fingerprint density at radius 3 is 2.54 bits per heavy atom. The number of hydrogen-bond acceptors (Lipinski definition) is 5. The van der Waals surface area contributed by atoms with E-state index in [2.05, 4.69) is 21.2 Å². The molecule has 140 valence electrons. The van der Waals surface area contributed by atoms with E-state index in [1.54, 1.807) is 36.4 Å². The van der Waals surface area contributed by atoms with Gasteiger partial charge in [-0.1, -0.05) is 46.3 Å². The molecule has 2 heterocycles. The van der Waals surface area contributed by atoms with E-state index in [0.29, 0.717) is 5.56 Å². The Kier molecular flexibility index (Phi) is 4.56. The van der Waals surface area contributed by atoms with Crippen LogP contribution in [0.4, 0.5) is 4.79 Å². The molecule has 1 saturated heterocycles. The topological polar surface area (TPSA) is 92.8 Å². The smallest absolute Gasteiger partial charge is 0.329 e. The van der Waals surface area contributed by atoms with Gasteiger partial charge < -0.3 is 10.1 Å². The molecule has 1 fully saturated rings. The molecule has 0 saturated carbocycles. The zero-order valence-corrected chi connectivity index (χ0v) is 15.9. The first kappa shape index (κ1) is 18.1. The van der Waals surface area contributed by atoms with Crippen molar-refractivity contribution >= 4 is 45.7 Å². The number of ketones is 1. The van der Waals surface area contributed by atoms with Crippen molar-refractivity contribution in [3.8, 4) is 5.75 Å². The van der Waals surface area contributed by atoms with Crippen LogP contribution in [0.25, 0.3) is 6.08 Å². The SMILES string of the molecule is O=C1Oc2ccccc2C(=O)[C@H]1CN1C(=O)N/C(=C\c2ccccc2Br)C1=O. The summed E-state index contributed by atoms with van der Waals surface area (Å²) in [5.74, 6) is -2.95. The number of rotatable bonds is 3. The van der Waals surface area contributed by atoms with E-state index in [1.165, 1.54) is 12.1 Å². The number of para-hydroxylation sites is 1. The van der Waals surface area contributed by atoms with Crippen LogP contribution >= 0.6 is 15.9 Å². The lowest BCUT2D eigenvalue weighted by atomic mass is 9.94.